The van der Waals surface area contributed by atoms with Gasteiger partial charge in [-0.15, -0.1) is 0 Å². The highest BCUT2D eigenvalue weighted by Gasteiger charge is 2.18. The van der Waals surface area contributed by atoms with Gasteiger partial charge in [-0.05, 0) is 19.4 Å². The molecule has 0 heterocycles. The standard InChI is InChI=1S/C8H18N4O3S/c1-7(2)15-8(5-10-11-9)6-12(3)16(4,13)14/h7-8H,5-6H2,1-4H3. The summed E-state index contributed by atoms with van der Waals surface area (Å²) < 4.78 is 29.0. The van der Waals surface area contributed by atoms with Gasteiger partial charge in [0.1, 0.15) is 0 Å². The van der Waals surface area contributed by atoms with E-state index in [0.717, 1.165) is 6.26 Å². The van der Waals surface area contributed by atoms with Crippen LogP contribution in [0.1, 0.15) is 13.8 Å². The van der Waals surface area contributed by atoms with Gasteiger partial charge in [0.15, 0.2) is 0 Å². The summed E-state index contributed by atoms with van der Waals surface area (Å²) in [5.41, 5.74) is 8.21. The number of sulfonamides is 1. The van der Waals surface area contributed by atoms with Crippen molar-refractivity contribution >= 4 is 10.0 Å². The number of hydrogen-bond acceptors (Lipinski definition) is 4. The van der Waals surface area contributed by atoms with Gasteiger partial charge in [0.05, 0.1) is 25.0 Å². The van der Waals surface area contributed by atoms with Gasteiger partial charge >= 0.3 is 0 Å². The summed E-state index contributed by atoms with van der Waals surface area (Å²) in [6.07, 6.45) is 0.648. The maximum absolute atomic E-state index is 11.2. The maximum Gasteiger partial charge on any atom is 0.211 e. The lowest BCUT2D eigenvalue weighted by Crippen LogP contribution is -2.37. The number of hydrogen-bond donors (Lipinski definition) is 0. The minimum Gasteiger partial charge on any atom is -0.374 e. The molecule has 0 aliphatic heterocycles. The molecule has 0 rings (SSSR count). The number of likely N-dealkylation sites (N-methyl/N-ethyl adjacent to an activating group) is 1. The molecule has 1 unspecified atom stereocenters. The molecule has 1 atom stereocenters. The van der Waals surface area contributed by atoms with Gasteiger partial charge in [-0.1, -0.05) is 5.11 Å². The van der Waals surface area contributed by atoms with Gasteiger partial charge < -0.3 is 4.74 Å². The first kappa shape index (κ1) is 15.2. The summed E-state index contributed by atoms with van der Waals surface area (Å²) in [7, 11) is -1.78. The van der Waals surface area contributed by atoms with E-state index in [4.69, 9.17) is 10.3 Å². The third kappa shape index (κ3) is 6.62. The molecule has 8 heteroatoms. The number of nitrogens with zero attached hydrogens (tertiary/aromatic N) is 4. The minimum absolute atomic E-state index is 0.0492. The zero-order valence-electron chi connectivity index (χ0n) is 9.99. The fourth-order valence-corrected chi connectivity index (χ4v) is 1.52. The molecule has 0 bridgehead atoms. The van der Waals surface area contributed by atoms with Crippen molar-refractivity contribution < 1.29 is 13.2 Å². The molecule has 0 aliphatic rings. The molecule has 0 saturated heterocycles. The maximum atomic E-state index is 11.2. The lowest BCUT2D eigenvalue weighted by molar-refractivity contribution is 0.00644. The summed E-state index contributed by atoms with van der Waals surface area (Å²) in [6, 6.07) is 0. The largest absolute Gasteiger partial charge is 0.374 e. The van der Waals surface area contributed by atoms with E-state index in [1.54, 1.807) is 0 Å². The van der Waals surface area contributed by atoms with Crippen LogP contribution < -0.4 is 0 Å². The van der Waals surface area contributed by atoms with Crippen molar-refractivity contribution in [1.29, 1.82) is 0 Å². The average Bonchev–Trinajstić information content (AvgIpc) is 2.11. The minimum atomic E-state index is -3.24. The Balaban J connectivity index is 4.47. The molecule has 16 heavy (non-hydrogen) atoms. The summed E-state index contributed by atoms with van der Waals surface area (Å²) >= 11 is 0. The topological polar surface area (TPSA) is 95.4 Å². The Hall–Kier alpha value is -0.820. The van der Waals surface area contributed by atoms with Crippen LogP contribution in [0.15, 0.2) is 5.11 Å². The summed E-state index contributed by atoms with van der Waals surface area (Å²) in [5.74, 6) is 0. The van der Waals surface area contributed by atoms with Crippen LogP contribution >= 0.6 is 0 Å². The quantitative estimate of drug-likeness (QED) is 0.383. The van der Waals surface area contributed by atoms with Gasteiger partial charge in [-0.25, -0.2) is 12.7 Å². The van der Waals surface area contributed by atoms with E-state index in [2.05, 4.69) is 10.0 Å². The Morgan fingerprint density at radius 1 is 1.50 bits per heavy atom. The number of rotatable bonds is 7. The van der Waals surface area contributed by atoms with Crippen molar-refractivity contribution in [3.8, 4) is 0 Å². The van der Waals surface area contributed by atoms with Crippen LogP contribution in [0, 0.1) is 0 Å². The molecular formula is C8H18N4O3S. The molecule has 94 valence electrons. The van der Waals surface area contributed by atoms with Gasteiger partial charge in [-0.2, -0.15) is 0 Å². The van der Waals surface area contributed by atoms with E-state index in [1.165, 1.54) is 11.4 Å². The van der Waals surface area contributed by atoms with Crippen LogP contribution in [0.25, 0.3) is 10.4 Å². The molecule has 0 amide bonds. The first-order chi connectivity index (χ1) is 7.27. The highest BCUT2D eigenvalue weighted by Crippen LogP contribution is 2.04. The summed E-state index contributed by atoms with van der Waals surface area (Å²) in [5, 5.41) is 3.39. The highest BCUT2D eigenvalue weighted by molar-refractivity contribution is 7.88. The van der Waals surface area contributed by atoms with Gasteiger partial charge in [-0.3, -0.25) is 0 Å². The van der Waals surface area contributed by atoms with E-state index >= 15 is 0 Å². The van der Waals surface area contributed by atoms with Crippen LogP contribution in [0.4, 0.5) is 0 Å². The van der Waals surface area contributed by atoms with Crippen molar-refractivity contribution in [3.05, 3.63) is 10.4 Å². The second-order valence-corrected chi connectivity index (χ2v) is 5.85. The Bertz CT molecular complexity index is 348. The van der Waals surface area contributed by atoms with Crippen LogP contribution in [0.3, 0.4) is 0 Å². The highest BCUT2D eigenvalue weighted by atomic mass is 32.2. The molecule has 0 aromatic rings. The lowest BCUT2D eigenvalue weighted by Gasteiger charge is -2.23. The van der Waals surface area contributed by atoms with Gasteiger partial charge in [0, 0.05) is 18.5 Å². The Labute approximate surface area is 96.1 Å². The van der Waals surface area contributed by atoms with E-state index in [9.17, 15) is 8.42 Å². The SMILES string of the molecule is CC(C)OC(CN=[N+]=[N-])CN(C)S(C)(=O)=O. The number of azide groups is 1. The van der Waals surface area contributed by atoms with Crippen molar-refractivity contribution in [2.24, 2.45) is 5.11 Å². The second kappa shape index (κ2) is 6.70. The van der Waals surface area contributed by atoms with E-state index in [-0.39, 0.29) is 19.2 Å². The predicted octanol–water partition coefficient (Wildman–Crippen LogP) is 0.982. The Morgan fingerprint density at radius 2 is 2.06 bits per heavy atom. The molecule has 0 saturated carbocycles. The first-order valence-corrected chi connectivity index (χ1v) is 6.69. The van der Waals surface area contributed by atoms with Gasteiger partial charge in [0.2, 0.25) is 10.0 Å². The molecule has 0 N–H and O–H groups in total. The second-order valence-electron chi connectivity index (χ2n) is 3.76. The Morgan fingerprint density at radius 3 is 2.44 bits per heavy atom. The number of ether oxygens (including phenoxy) is 1. The fraction of sp³-hybridized carbons (Fsp3) is 1.00. The van der Waals surface area contributed by atoms with Crippen LogP contribution in [0.2, 0.25) is 0 Å². The Kier molecular flexibility index (Phi) is 6.35. The molecule has 0 aromatic heterocycles. The fourth-order valence-electron chi connectivity index (χ4n) is 1.08. The molecule has 0 spiro atoms. The zero-order valence-corrected chi connectivity index (χ0v) is 10.8. The molecular weight excluding hydrogens is 232 g/mol. The smallest absolute Gasteiger partial charge is 0.211 e. The lowest BCUT2D eigenvalue weighted by atomic mass is 10.3. The molecule has 0 aromatic carbocycles. The van der Waals surface area contributed by atoms with E-state index in [0.29, 0.717) is 0 Å². The molecule has 0 fully saturated rings. The van der Waals surface area contributed by atoms with E-state index in [1.807, 2.05) is 13.8 Å². The average molecular weight is 250 g/mol. The van der Waals surface area contributed by atoms with Crippen molar-refractivity contribution in [1.82, 2.24) is 4.31 Å². The molecule has 7 nitrogen and oxygen atoms in total. The van der Waals surface area contributed by atoms with Crippen LogP contribution in [-0.2, 0) is 14.8 Å². The normalized spacial score (nSPS) is 13.9. The van der Waals surface area contributed by atoms with Crippen molar-refractivity contribution in [2.45, 2.75) is 26.1 Å². The van der Waals surface area contributed by atoms with Crippen LogP contribution in [0.5, 0.6) is 0 Å². The van der Waals surface area contributed by atoms with Crippen molar-refractivity contribution in [3.63, 3.8) is 0 Å². The summed E-state index contributed by atoms with van der Waals surface area (Å²) in [4.78, 5) is 2.63. The van der Waals surface area contributed by atoms with Crippen molar-refractivity contribution in [2.75, 3.05) is 26.4 Å². The van der Waals surface area contributed by atoms with Crippen LogP contribution in [-0.4, -0.2) is 51.3 Å². The predicted molar refractivity (Wildman–Crippen MR) is 61.5 cm³/mol. The zero-order chi connectivity index (χ0) is 12.8. The first-order valence-electron chi connectivity index (χ1n) is 4.85. The van der Waals surface area contributed by atoms with E-state index < -0.39 is 16.1 Å². The van der Waals surface area contributed by atoms with Gasteiger partial charge in [0.25, 0.3) is 0 Å². The third-order valence-electron chi connectivity index (χ3n) is 1.84. The summed E-state index contributed by atoms with van der Waals surface area (Å²) in [6.45, 7) is 3.97. The monoisotopic (exact) mass is 250 g/mol. The molecule has 0 aliphatic carbocycles. The molecule has 0 radical (unpaired) electrons. The third-order valence-corrected chi connectivity index (χ3v) is 3.12.